The molecule has 2 N–H and O–H groups in total. The number of nitrogens with one attached hydrogen (secondary N) is 2. The van der Waals surface area contributed by atoms with Gasteiger partial charge in [0.15, 0.2) is 0 Å². The van der Waals surface area contributed by atoms with Crippen molar-refractivity contribution < 1.29 is 13.5 Å². The predicted molar refractivity (Wildman–Crippen MR) is 104 cm³/mol. The van der Waals surface area contributed by atoms with Crippen molar-refractivity contribution in [2.75, 3.05) is 14.2 Å². The number of hydrogen-bond acceptors (Lipinski definition) is 4. The van der Waals surface area contributed by atoms with Crippen molar-refractivity contribution in [1.82, 2.24) is 20.5 Å². The van der Waals surface area contributed by atoms with Crippen molar-refractivity contribution in [3.63, 3.8) is 0 Å². The predicted octanol–water partition coefficient (Wildman–Crippen LogP) is 4.30. The fourth-order valence-corrected chi connectivity index (χ4v) is 3.20. The Hall–Kier alpha value is -3.32. The van der Waals surface area contributed by atoms with E-state index in [1.165, 1.54) is 18.3 Å². The van der Waals surface area contributed by atoms with Gasteiger partial charge in [-0.15, -0.1) is 0 Å². The number of fused-ring (bicyclic) bond motifs is 1. The van der Waals surface area contributed by atoms with Crippen LogP contribution in [0.5, 0.6) is 5.75 Å². The van der Waals surface area contributed by atoms with Crippen LogP contribution in [0.4, 0.5) is 8.78 Å². The average molecular weight is 380 g/mol. The smallest absolute Gasteiger partial charge is 0.135 e. The van der Waals surface area contributed by atoms with Crippen molar-refractivity contribution >= 4 is 10.9 Å². The number of hydrogen-bond donors (Lipinski definition) is 2. The second-order valence-electron chi connectivity index (χ2n) is 6.38. The molecular weight excluding hydrogens is 362 g/mol. The van der Waals surface area contributed by atoms with Gasteiger partial charge in [0.2, 0.25) is 0 Å². The van der Waals surface area contributed by atoms with E-state index in [1.807, 2.05) is 24.3 Å². The number of H-pyrrole nitrogens is 1. The third-order valence-electron chi connectivity index (χ3n) is 4.55. The zero-order chi connectivity index (χ0) is 19.7. The second-order valence-corrected chi connectivity index (χ2v) is 6.38. The first-order valence-electron chi connectivity index (χ1n) is 8.72. The monoisotopic (exact) mass is 380 g/mol. The molecule has 5 nitrogen and oxygen atoms in total. The van der Waals surface area contributed by atoms with Gasteiger partial charge in [0.25, 0.3) is 0 Å². The lowest BCUT2D eigenvalue weighted by Crippen LogP contribution is -2.06. The van der Waals surface area contributed by atoms with E-state index < -0.39 is 11.6 Å². The summed E-state index contributed by atoms with van der Waals surface area (Å²) >= 11 is 0. The zero-order valence-corrected chi connectivity index (χ0v) is 15.4. The Kier molecular flexibility index (Phi) is 4.75. The van der Waals surface area contributed by atoms with Crippen molar-refractivity contribution in [1.29, 1.82) is 0 Å². The number of halogens is 2. The number of methoxy groups -OCH3 is 1. The Morgan fingerprint density at radius 3 is 2.43 bits per heavy atom. The molecule has 0 radical (unpaired) electrons. The summed E-state index contributed by atoms with van der Waals surface area (Å²) in [6.45, 7) is 0.379. The summed E-state index contributed by atoms with van der Waals surface area (Å²) in [6.07, 6.45) is 1.53. The number of nitrogens with zero attached hydrogens (tertiary/aromatic N) is 2. The van der Waals surface area contributed by atoms with Crippen LogP contribution in [-0.2, 0) is 6.54 Å². The normalized spacial score (nSPS) is 11.1. The topological polar surface area (TPSA) is 62.8 Å². The SMILES string of the molecule is CNCc1cc(F)c(-c2cc3c(-c4ccc(OC)cc4)n[nH]c3cn2)c(F)c1. The van der Waals surface area contributed by atoms with E-state index in [2.05, 4.69) is 20.5 Å². The van der Waals surface area contributed by atoms with Gasteiger partial charge in [0.05, 0.1) is 30.1 Å². The maximum absolute atomic E-state index is 14.6. The van der Waals surface area contributed by atoms with E-state index in [9.17, 15) is 8.78 Å². The molecule has 28 heavy (non-hydrogen) atoms. The van der Waals surface area contributed by atoms with E-state index in [-0.39, 0.29) is 11.3 Å². The second kappa shape index (κ2) is 7.36. The van der Waals surface area contributed by atoms with E-state index in [0.717, 1.165) is 16.7 Å². The number of aromatic nitrogens is 3. The van der Waals surface area contributed by atoms with Crippen LogP contribution in [0, 0.1) is 11.6 Å². The molecule has 0 amide bonds. The van der Waals surface area contributed by atoms with Crippen LogP contribution >= 0.6 is 0 Å². The van der Waals surface area contributed by atoms with Crippen LogP contribution in [0.2, 0.25) is 0 Å². The van der Waals surface area contributed by atoms with Crippen LogP contribution in [0.15, 0.2) is 48.7 Å². The molecule has 0 aliphatic heterocycles. The summed E-state index contributed by atoms with van der Waals surface area (Å²) in [5.74, 6) is -0.560. The number of rotatable bonds is 5. The molecule has 4 rings (SSSR count). The lowest BCUT2D eigenvalue weighted by Gasteiger charge is -2.08. The zero-order valence-electron chi connectivity index (χ0n) is 15.4. The molecule has 2 aromatic heterocycles. The molecule has 0 spiro atoms. The first-order valence-corrected chi connectivity index (χ1v) is 8.72. The Morgan fingerprint density at radius 1 is 1.07 bits per heavy atom. The van der Waals surface area contributed by atoms with Crippen LogP contribution in [0.3, 0.4) is 0 Å². The van der Waals surface area contributed by atoms with Crippen molar-refractivity contribution in [2.45, 2.75) is 6.54 Å². The van der Waals surface area contributed by atoms with E-state index in [4.69, 9.17) is 4.74 Å². The molecule has 0 aliphatic carbocycles. The first kappa shape index (κ1) is 18.1. The molecule has 0 bridgehead atoms. The molecule has 0 atom stereocenters. The van der Waals surface area contributed by atoms with Crippen LogP contribution in [0.1, 0.15) is 5.56 Å². The standard InChI is InChI=1S/C21H18F2N4O/c1-24-10-12-7-16(22)20(17(23)8-12)18-9-15-19(11-25-18)26-27-21(15)13-3-5-14(28-2)6-4-13/h3-9,11,24H,10H2,1-2H3,(H,26,27). The molecule has 0 fully saturated rings. The molecule has 0 unspecified atom stereocenters. The Labute approximate surface area is 160 Å². The van der Waals surface area contributed by atoms with Crippen LogP contribution < -0.4 is 10.1 Å². The van der Waals surface area contributed by atoms with Crippen molar-refractivity contribution in [3.8, 4) is 28.3 Å². The third-order valence-corrected chi connectivity index (χ3v) is 4.55. The summed E-state index contributed by atoms with van der Waals surface area (Å²) in [5, 5.41) is 10.9. The molecule has 142 valence electrons. The van der Waals surface area contributed by atoms with E-state index in [0.29, 0.717) is 23.3 Å². The summed E-state index contributed by atoms with van der Waals surface area (Å²) in [4.78, 5) is 4.22. The van der Waals surface area contributed by atoms with Crippen molar-refractivity contribution in [2.24, 2.45) is 0 Å². The fourth-order valence-electron chi connectivity index (χ4n) is 3.20. The minimum Gasteiger partial charge on any atom is -0.497 e. The van der Waals surface area contributed by atoms with Gasteiger partial charge in [-0.2, -0.15) is 5.10 Å². The Balaban J connectivity index is 1.82. The fraction of sp³-hybridized carbons (Fsp3) is 0.143. The molecule has 2 aromatic carbocycles. The molecule has 2 heterocycles. The highest BCUT2D eigenvalue weighted by Crippen LogP contribution is 2.32. The van der Waals surface area contributed by atoms with Gasteiger partial charge in [-0.1, -0.05) is 0 Å². The highest BCUT2D eigenvalue weighted by Gasteiger charge is 2.17. The van der Waals surface area contributed by atoms with Gasteiger partial charge in [-0.3, -0.25) is 10.1 Å². The molecule has 0 aliphatic rings. The van der Waals surface area contributed by atoms with Gasteiger partial charge >= 0.3 is 0 Å². The highest BCUT2D eigenvalue weighted by molar-refractivity contribution is 5.94. The van der Waals surface area contributed by atoms with Crippen molar-refractivity contribution in [3.05, 3.63) is 65.9 Å². The van der Waals surface area contributed by atoms with Gasteiger partial charge in [0.1, 0.15) is 23.1 Å². The van der Waals surface area contributed by atoms with Crippen LogP contribution in [-0.4, -0.2) is 29.3 Å². The van der Waals surface area contributed by atoms with Gasteiger partial charge in [-0.05, 0) is 55.1 Å². The number of aromatic amines is 1. The molecular formula is C21H18F2N4O. The number of benzene rings is 2. The lowest BCUT2D eigenvalue weighted by atomic mass is 10.0. The Morgan fingerprint density at radius 2 is 1.79 bits per heavy atom. The third kappa shape index (κ3) is 3.20. The molecule has 4 aromatic rings. The summed E-state index contributed by atoms with van der Waals surface area (Å²) in [7, 11) is 3.32. The minimum atomic E-state index is -0.647. The molecule has 0 saturated carbocycles. The maximum atomic E-state index is 14.6. The molecule has 0 saturated heterocycles. The first-order chi connectivity index (χ1) is 13.6. The number of pyridine rings is 1. The summed E-state index contributed by atoms with van der Waals surface area (Å²) in [6, 6.07) is 11.7. The molecule has 7 heteroatoms. The lowest BCUT2D eigenvalue weighted by molar-refractivity contribution is 0.415. The largest absolute Gasteiger partial charge is 0.497 e. The Bertz CT molecular complexity index is 1120. The maximum Gasteiger partial charge on any atom is 0.135 e. The quantitative estimate of drug-likeness (QED) is 0.542. The van der Waals surface area contributed by atoms with Gasteiger partial charge < -0.3 is 10.1 Å². The minimum absolute atomic E-state index is 0.149. The highest BCUT2D eigenvalue weighted by atomic mass is 19.1. The van der Waals surface area contributed by atoms with Gasteiger partial charge in [-0.25, -0.2) is 8.78 Å². The van der Waals surface area contributed by atoms with Gasteiger partial charge in [0, 0.05) is 17.5 Å². The van der Waals surface area contributed by atoms with E-state index >= 15 is 0 Å². The van der Waals surface area contributed by atoms with Crippen LogP contribution in [0.25, 0.3) is 33.4 Å². The summed E-state index contributed by atoms with van der Waals surface area (Å²) < 4.78 is 34.4. The van der Waals surface area contributed by atoms with E-state index in [1.54, 1.807) is 20.2 Å². The average Bonchev–Trinajstić information content (AvgIpc) is 3.11. The summed E-state index contributed by atoms with van der Waals surface area (Å²) in [5.41, 5.74) is 2.81. The number of ether oxygens (including phenoxy) is 1.